The Morgan fingerprint density at radius 3 is 2.74 bits per heavy atom. The standard InChI is InChI=1S/C20H28N2O4S/c1-15-8-12-27(24,25)13-11-22(15)19(23)21-17-14-20(9-4-5-10-20)26-18-7-3-2-6-16(17)18/h2-3,6-7,15,17H,4-5,8-14H2,1H3,(H,21,23). The molecule has 27 heavy (non-hydrogen) atoms. The van der Waals surface area contributed by atoms with E-state index in [0.29, 0.717) is 6.42 Å². The first-order valence-electron chi connectivity index (χ1n) is 9.93. The zero-order valence-corrected chi connectivity index (χ0v) is 16.6. The molecule has 2 atom stereocenters. The Hall–Kier alpha value is -1.76. The Morgan fingerprint density at radius 2 is 1.96 bits per heavy atom. The van der Waals surface area contributed by atoms with E-state index in [0.717, 1.165) is 43.4 Å². The number of sulfone groups is 1. The maximum absolute atomic E-state index is 13.0. The van der Waals surface area contributed by atoms with Crippen LogP contribution in [0.25, 0.3) is 0 Å². The highest BCUT2D eigenvalue weighted by Crippen LogP contribution is 2.47. The van der Waals surface area contributed by atoms with Crippen molar-refractivity contribution in [2.24, 2.45) is 0 Å². The summed E-state index contributed by atoms with van der Waals surface area (Å²) in [5.41, 5.74) is 0.832. The zero-order valence-electron chi connectivity index (χ0n) is 15.8. The minimum atomic E-state index is -3.06. The van der Waals surface area contributed by atoms with Crippen molar-refractivity contribution in [2.75, 3.05) is 18.1 Å². The first-order chi connectivity index (χ1) is 12.9. The van der Waals surface area contributed by atoms with Gasteiger partial charge in [-0.15, -0.1) is 0 Å². The van der Waals surface area contributed by atoms with Crippen LogP contribution in [0.3, 0.4) is 0 Å². The summed E-state index contributed by atoms with van der Waals surface area (Å²) in [6, 6.07) is 7.57. The van der Waals surface area contributed by atoms with Crippen molar-refractivity contribution in [2.45, 2.75) is 63.1 Å². The number of hydrogen-bond acceptors (Lipinski definition) is 4. The molecule has 1 saturated heterocycles. The highest BCUT2D eigenvalue weighted by atomic mass is 32.2. The number of para-hydroxylation sites is 1. The highest BCUT2D eigenvalue weighted by Gasteiger charge is 2.44. The van der Waals surface area contributed by atoms with Gasteiger partial charge in [0, 0.05) is 24.6 Å². The van der Waals surface area contributed by atoms with Crippen molar-refractivity contribution in [3.05, 3.63) is 29.8 Å². The molecular weight excluding hydrogens is 364 g/mol. The number of carbonyl (C=O) groups excluding carboxylic acids is 1. The number of nitrogens with one attached hydrogen (secondary N) is 1. The first-order valence-corrected chi connectivity index (χ1v) is 11.8. The van der Waals surface area contributed by atoms with Gasteiger partial charge in [0.1, 0.15) is 11.4 Å². The number of carbonyl (C=O) groups is 1. The monoisotopic (exact) mass is 392 g/mol. The third-order valence-electron chi connectivity index (χ3n) is 6.29. The number of nitrogens with zero attached hydrogens (tertiary/aromatic N) is 1. The molecule has 1 aromatic carbocycles. The summed E-state index contributed by atoms with van der Waals surface area (Å²) in [6.07, 6.45) is 5.62. The topological polar surface area (TPSA) is 75.7 Å². The van der Waals surface area contributed by atoms with Crippen molar-refractivity contribution in [3.8, 4) is 5.75 Å². The van der Waals surface area contributed by atoms with E-state index in [1.54, 1.807) is 4.90 Å². The minimum absolute atomic E-state index is 0.0407. The molecule has 2 unspecified atom stereocenters. The number of amides is 2. The fraction of sp³-hybridized carbons (Fsp3) is 0.650. The fourth-order valence-electron chi connectivity index (χ4n) is 4.67. The molecule has 1 spiro atoms. The Labute approximate surface area is 161 Å². The Morgan fingerprint density at radius 1 is 1.22 bits per heavy atom. The van der Waals surface area contributed by atoms with Crippen LogP contribution in [0.2, 0.25) is 0 Å². The van der Waals surface area contributed by atoms with Crippen LogP contribution in [0.15, 0.2) is 24.3 Å². The van der Waals surface area contributed by atoms with Crippen LogP contribution >= 0.6 is 0 Å². The lowest BCUT2D eigenvalue weighted by Crippen LogP contribution is -2.49. The molecule has 0 bridgehead atoms. The largest absolute Gasteiger partial charge is 0.487 e. The molecule has 1 saturated carbocycles. The van der Waals surface area contributed by atoms with Crippen LogP contribution in [0.1, 0.15) is 57.1 Å². The van der Waals surface area contributed by atoms with Gasteiger partial charge in [-0.2, -0.15) is 0 Å². The second-order valence-electron chi connectivity index (χ2n) is 8.22. The van der Waals surface area contributed by atoms with Crippen LogP contribution < -0.4 is 10.1 Å². The van der Waals surface area contributed by atoms with E-state index in [-0.39, 0.29) is 41.8 Å². The fourth-order valence-corrected chi connectivity index (χ4v) is 6.05. The van der Waals surface area contributed by atoms with Gasteiger partial charge in [-0.3, -0.25) is 0 Å². The summed E-state index contributed by atoms with van der Waals surface area (Å²) in [4.78, 5) is 14.7. The molecule has 7 heteroatoms. The molecule has 2 fully saturated rings. The molecule has 2 aliphatic heterocycles. The van der Waals surface area contributed by atoms with E-state index in [9.17, 15) is 13.2 Å². The van der Waals surface area contributed by atoms with Crippen LogP contribution in [-0.4, -0.2) is 49.0 Å². The molecule has 0 aromatic heterocycles. The molecule has 1 N–H and O–H groups in total. The van der Waals surface area contributed by atoms with Crippen LogP contribution in [0, 0.1) is 0 Å². The third-order valence-corrected chi connectivity index (χ3v) is 7.95. The zero-order chi connectivity index (χ0) is 19.1. The Bertz CT molecular complexity index is 817. The van der Waals surface area contributed by atoms with Crippen LogP contribution in [-0.2, 0) is 9.84 Å². The smallest absolute Gasteiger partial charge is 0.318 e. The molecule has 4 rings (SSSR count). The van der Waals surface area contributed by atoms with Gasteiger partial charge in [0.2, 0.25) is 0 Å². The molecule has 6 nitrogen and oxygen atoms in total. The Balaban J connectivity index is 1.54. The van der Waals surface area contributed by atoms with Gasteiger partial charge < -0.3 is 15.0 Å². The summed E-state index contributed by atoms with van der Waals surface area (Å²) in [7, 11) is -3.06. The predicted octanol–water partition coefficient (Wildman–Crippen LogP) is 3.04. The summed E-state index contributed by atoms with van der Waals surface area (Å²) >= 11 is 0. The molecule has 2 heterocycles. The lowest BCUT2D eigenvalue weighted by molar-refractivity contribution is 0.0373. The number of rotatable bonds is 1. The molecule has 1 aromatic rings. The van der Waals surface area contributed by atoms with E-state index in [1.807, 2.05) is 31.2 Å². The first kappa shape index (κ1) is 18.6. The highest BCUT2D eigenvalue weighted by molar-refractivity contribution is 7.91. The molecule has 0 radical (unpaired) electrons. The van der Waals surface area contributed by atoms with E-state index in [2.05, 4.69) is 5.32 Å². The van der Waals surface area contributed by atoms with E-state index in [1.165, 1.54) is 0 Å². The molecule has 2 amide bonds. The van der Waals surface area contributed by atoms with Crippen molar-refractivity contribution >= 4 is 15.9 Å². The van der Waals surface area contributed by atoms with Crippen LogP contribution in [0.5, 0.6) is 5.75 Å². The average Bonchev–Trinajstić information content (AvgIpc) is 3.01. The van der Waals surface area contributed by atoms with Crippen molar-refractivity contribution in [1.82, 2.24) is 10.2 Å². The second-order valence-corrected chi connectivity index (χ2v) is 10.5. The van der Waals surface area contributed by atoms with Crippen molar-refractivity contribution in [1.29, 1.82) is 0 Å². The minimum Gasteiger partial charge on any atom is -0.487 e. The van der Waals surface area contributed by atoms with E-state index < -0.39 is 9.84 Å². The number of fused-ring (bicyclic) bond motifs is 1. The van der Waals surface area contributed by atoms with Crippen LogP contribution in [0.4, 0.5) is 4.79 Å². The van der Waals surface area contributed by atoms with Gasteiger partial charge in [0.25, 0.3) is 0 Å². The number of hydrogen-bond donors (Lipinski definition) is 1. The van der Waals surface area contributed by atoms with Gasteiger partial charge in [-0.25, -0.2) is 13.2 Å². The van der Waals surface area contributed by atoms with E-state index in [4.69, 9.17) is 4.74 Å². The normalized spacial score (nSPS) is 28.9. The number of benzene rings is 1. The SMILES string of the molecule is CC1CCS(=O)(=O)CCN1C(=O)NC1CC2(CCCC2)Oc2ccccc21. The molecule has 148 valence electrons. The second kappa shape index (κ2) is 7.00. The summed E-state index contributed by atoms with van der Waals surface area (Å²) < 4.78 is 30.2. The summed E-state index contributed by atoms with van der Waals surface area (Å²) in [5, 5.41) is 3.19. The van der Waals surface area contributed by atoms with Gasteiger partial charge in [-0.1, -0.05) is 18.2 Å². The lowest BCUT2D eigenvalue weighted by Gasteiger charge is -2.41. The third kappa shape index (κ3) is 3.79. The van der Waals surface area contributed by atoms with Gasteiger partial charge in [0.15, 0.2) is 9.84 Å². The maximum Gasteiger partial charge on any atom is 0.318 e. The van der Waals surface area contributed by atoms with Gasteiger partial charge in [0.05, 0.1) is 17.5 Å². The predicted molar refractivity (Wildman–Crippen MR) is 104 cm³/mol. The quantitative estimate of drug-likeness (QED) is 0.797. The van der Waals surface area contributed by atoms with Crippen molar-refractivity contribution in [3.63, 3.8) is 0 Å². The maximum atomic E-state index is 13.0. The van der Waals surface area contributed by atoms with E-state index >= 15 is 0 Å². The average molecular weight is 393 g/mol. The summed E-state index contributed by atoms with van der Waals surface area (Å²) in [6.45, 7) is 2.18. The molecule has 3 aliphatic rings. The number of ether oxygens (including phenoxy) is 1. The van der Waals surface area contributed by atoms with Gasteiger partial charge >= 0.3 is 6.03 Å². The van der Waals surface area contributed by atoms with Crippen molar-refractivity contribution < 1.29 is 17.9 Å². The molecule has 1 aliphatic carbocycles. The lowest BCUT2D eigenvalue weighted by atomic mass is 9.86. The number of urea groups is 1. The van der Waals surface area contributed by atoms with Gasteiger partial charge in [-0.05, 0) is 45.1 Å². The molecular formula is C20H28N2O4S. The Kier molecular flexibility index (Phi) is 4.82. The summed E-state index contributed by atoms with van der Waals surface area (Å²) in [5.74, 6) is 1.06.